The number of nitrogens with one attached hydrogen (secondary N) is 2. The number of carbonyl (C=O) groups is 1. The van der Waals surface area contributed by atoms with Crippen molar-refractivity contribution in [3.63, 3.8) is 0 Å². The number of hydrogen-bond acceptors (Lipinski definition) is 3. The van der Waals surface area contributed by atoms with Gasteiger partial charge in [0.15, 0.2) is 0 Å². The standard InChI is InChI=1S/C18H22N2O2/c1-13-8-14(2)10-16(9-13)19-12-18(21)20-11-15-4-6-17(22-3)7-5-15/h4-10,19H,11-12H2,1-3H3,(H,20,21). The summed E-state index contributed by atoms with van der Waals surface area (Å²) in [5.41, 5.74) is 4.37. The zero-order valence-electron chi connectivity index (χ0n) is 13.3. The van der Waals surface area contributed by atoms with E-state index in [1.165, 1.54) is 11.1 Å². The van der Waals surface area contributed by atoms with Gasteiger partial charge in [-0.25, -0.2) is 0 Å². The molecule has 0 saturated heterocycles. The van der Waals surface area contributed by atoms with Gasteiger partial charge in [0, 0.05) is 12.2 Å². The van der Waals surface area contributed by atoms with Crippen molar-refractivity contribution in [3.8, 4) is 5.75 Å². The first-order valence-electron chi connectivity index (χ1n) is 7.28. The van der Waals surface area contributed by atoms with Crippen LogP contribution in [0.15, 0.2) is 42.5 Å². The highest BCUT2D eigenvalue weighted by molar-refractivity contribution is 5.80. The molecular weight excluding hydrogens is 276 g/mol. The summed E-state index contributed by atoms with van der Waals surface area (Å²) in [4.78, 5) is 11.9. The van der Waals surface area contributed by atoms with Gasteiger partial charge in [0.05, 0.1) is 13.7 Å². The van der Waals surface area contributed by atoms with Crippen LogP contribution in [0.1, 0.15) is 16.7 Å². The van der Waals surface area contributed by atoms with E-state index in [0.29, 0.717) is 6.54 Å². The van der Waals surface area contributed by atoms with Gasteiger partial charge in [0.1, 0.15) is 5.75 Å². The van der Waals surface area contributed by atoms with Gasteiger partial charge in [-0.15, -0.1) is 0 Å². The van der Waals surface area contributed by atoms with E-state index in [1.807, 2.05) is 50.2 Å². The van der Waals surface area contributed by atoms with E-state index in [4.69, 9.17) is 4.74 Å². The first-order chi connectivity index (χ1) is 10.6. The summed E-state index contributed by atoms with van der Waals surface area (Å²) < 4.78 is 5.10. The molecule has 0 heterocycles. The van der Waals surface area contributed by atoms with Gasteiger partial charge in [-0.05, 0) is 54.8 Å². The number of methoxy groups -OCH3 is 1. The Morgan fingerprint density at radius 2 is 1.68 bits per heavy atom. The molecule has 1 amide bonds. The van der Waals surface area contributed by atoms with Crippen LogP contribution in [0.5, 0.6) is 5.75 Å². The molecule has 2 aromatic carbocycles. The van der Waals surface area contributed by atoms with Crippen LogP contribution in [0.25, 0.3) is 0 Å². The molecule has 0 aliphatic heterocycles. The quantitative estimate of drug-likeness (QED) is 0.862. The van der Waals surface area contributed by atoms with Crippen LogP contribution < -0.4 is 15.4 Å². The van der Waals surface area contributed by atoms with Crippen molar-refractivity contribution in [2.75, 3.05) is 19.0 Å². The number of anilines is 1. The van der Waals surface area contributed by atoms with Crippen LogP contribution in [0.4, 0.5) is 5.69 Å². The topological polar surface area (TPSA) is 50.4 Å². The van der Waals surface area contributed by atoms with Gasteiger partial charge >= 0.3 is 0 Å². The molecule has 4 heteroatoms. The van der Waals surface area contributed by atoms with E-state index in [1.54, 1.807) is 7.11 Å². The van der Waals surface area contributed by atoms with Crippen molar-refractivity contribution in [1.29, 1.82) is 0 Å². The predicted molar refractivity (Wildman–Crippen MR) is 89.2 cm³/mol. The van der Waals surface area contributed by atoms with E-state index < -0.39 is 0 Å². The second-order valence-corrected chi connectivity index (χ2v) is 5.35. The normalized spacial score (nSPS) is 10.1. The Hall–Kier alpha value is -2.49. The Bertz CT molecular complexity index is 616. The summed E-state index contributed by atoms with van der Waals surface area (Å²) in [6.07, 6.45) is 0. The number of ether oxygens (including phenoxy) is 1. The van der Waals surface area contributed by atoms with Gasteiger partial charge in [0.2, 0.25) is 5.91 Å². The average molecular weight is 298 g/mol. The lowest BCUT2D eigenvalue weighted by Gasteiger charge is -2.10. The molecule has 2 N–H and O–H groups in total. The second kappa shape index (κ2) is 7.50. The molecule has 0 saturated carbocycles. The molecule has 0 fully saturated rings. The summed E-state index contributed by atoms with van der Waals surface area (Å²) in [5.74, 6) is 0.779. The lowest BCUT2D eigenvalue weighted by Crippen LogP contribution is -2.29. The van der Waals surface area contributed by atoms with E-state index in [2.05, 4.69) is 16.7 Å². The van der Waals surface area contributed by atoms with Gasteiger partial charge in [0.25, 0.3) is 0 Å². The smallest absolute Gasteiger partial charge is 0.239 e. The molecular formula is C18H22N2O2. The first kappa shape index (κ1) is 15.9. The molecule has 0 aliphatic carbocycles. The SMILES string of the molecule is COc1ccc(CNC(=O)CNc2cc(C)cc(C)c2)cc1. The number of amides is 1. The monoisotopic (exact) mass is 298 g/mol. The van der Waals surface area contributed by atoms with E-state index >= 15 is 0 Å². The van der Waals surface area contributed by atoms with Crippen molar-refractivity contribution >= 4 is 11.6 Å². The van der Waals surface area contributed by atoms with Gasteiger partial charge in [-0.1, -0.05) is 18.2 Å². The maximum absolute atomic E-state index is 11.9. The minimum atomic E-state index is -0.0324. The third-order valence-electron chi connectivity index (χ3n) is 3.32. The molecule has 0 unspecified atom stereocenters. The number of aryl methyl sites for hydroxylation is 2. The molecule has 116 valence electrons. The highest BCUT2D eigenvalue weighted by atomic mass is 16.5. The summed E-state index contributed by atoms with van der Waals surface area (Å²) in [7, 11) is 1.63. The number of carbonyl (C=O) groups excluding carboxylic acids is 1. The van der Waals surface area contributed by atoms with Crippen molar-refractivity contribution < 1.29 is 9.53 Å². The molecule has 0 radical (unpaired) electrons. The Labute approximate surface area is 131 Å². The van der Waals surface area contributed by atoms with E-state index in [-0.39, 0.29) is 12.5 Å². The average Bonchev–Trinajstić information content (AvgIpc) is 2.50. The van der Waals surface area contributed by atoms with E-state index in [0.717, 1.165) is 17.0 Å². The molecule has 0 aromatic heterocycles. The van der Waals surface area contributed by atoms with Crippen molar-refractivity contribution in [1.82, 2.24) is 5.32 Å². The summed E-state index contributed by atoms with van der Waals surface area (Å²) in [6.45, 7) is 4.86. The van der Waals surface area contributed by atoms with Crippen LogP contribution in [-0.2, 0) is 11.3 Å². The molecule has 0 bridgehead atoms. The maximum Gasteiger partial charge on any atom is 0.239 e. The molecule has 2 aromatic rings. The summed E-state index contributed by atoms with van der Waals surface area (Å²) >= 11 is 0. The Morgan fingerprint density at radius 1 is 1.05 bits per heavy atom. The highest BCUT2D eigenvalue weighted by Gasteiger charge is 2.02. The zero-order chi connectivity index (χ0) is 15.9. The molecule has 22 heavy (non-hydrogen) atoms. The number of hydrogen-bond donors (Lipinski definition) is 2. The maximum atomic E-state index is 11.9. The van der Waals surface area contributed by atoms with Crippen LogP contribution in [0.3, 0.4) is 0 Å². The fourth-order valence-electron chi connectivity index (χ4n) is 2.27. The van der Waals surface area contributed by atoms with Gasteiger partial charge in [-0.2, -0.15) is 0 Å². The molecule has 4 nitrogen and oxygen atoms in total. The van der Waals surface area contributed by atoms with Crippen LogP contribution in [0.2, 0.25) is 0 Å². The third-order valence-corrected chi connectivity index (χ3v) is 3.32. The third kappa shape index (κ3) is 4.81. The minimum absolute atomic E-state index is 0.0324. The number of rotatable bonds is 6. The largest absolute Gasteiger partial charge is 0.497 e. The number of benzene rings is 2. The first-order valence-corrected chi connectivity index (χ1v) is 7.28. The van der Waals surface area contributed by atoms with Crippen LogP contribution >= 0.6 is 0 Å². The molecule has 0 aliphatic rings. The predicted octanol–water partition coefficient (Wildman–Crippen LogP) is 3.04. The van der Waals surface area contributed by atoms with Crippen molar-refractivity contribution in [2.45, 2.75) is 20.4 Å². The lowest BCUT2D eigenvalue weighted by atomic mass is 10.1. The molecule has 2 rings (SSSR count). The Morgan fingerprint density at radius 3 is 2.27 bits per heavy atom. The van der Waals surface area contributed by atoms with Crippen molar-refractivity contribution in [3.05, 3.63) is 59.2 Å². The van der Waals surface area contributed by atoms with E-state index in [9.17, 15) is 4.79 Å². The van der Waals surface area contributed by atoms with Gasteiger partial charge in [-0.3, -0.25) is 4.79 Å². The molecule has 0 atom stereocenters. The molecule has 0 spiro atoms. The lowest BCUT2D eigenvalue weighted by molar-refractivity contribution is -0.119. The fourth-order valence-corrected chi connectivity index (χ4v) is 2.27. The van der Waals surface area contributed by atoms with Gasteiger partial charge < -0.3 is 15.4 Å². The fraction of sp³-hybridized carbons (Fsp3) is 0.278. The van der Waals surface area contributed by atoms with Crippen molar-refractivity contribution in [2.24, 2.45) is 0 Å². The second-order valence-electron chi connectivity index (χ2n) is 5.35. The van der Waals surface area contributed by atoms with Crippen LogP contribution in [0, 0.1) is 13.8 Å². The Balaban J connectivity index is 1.80. The minimum Gasteiger partial charge on any atom is -0.497 e. The summed E-state index contributed by atoms with van der Waals surface area (Å²) in [5, 5.41) is 6.04. The van der Waals surface area contributed by atoms with Crippen LogP contribution in [-0.4, -0.2) is 19.6 Å². The zero-order valence-corrected chi connectivity index (χ0v) is 13.3. The summed E-state index contributed by atoms with van der Waals surface area (Å²) in [6, 6.07) is 13.8. The Kier molecular flexibility index (Phi) is 5.42. The highest BCUT2D eigenvalue weighted by Crippen LogP contribution is 2.13.